The Bertz CT molecular complexity index is 961. The van der Waals surface area contributed by atoms with Gasteiger partial charge in [0.25, 0.3) is 0 Å². The van der Waals surface area contributed by atoms with E-state index in [1.807, 2.05) is 19.9 Å². The molecule has 0 fully saturated rings. The molecule has 0 amide bonds. The highest BCUT2D eigenvalue weighted by Gasteiger charge is 2.24. The number of phenolic OH excluding ortho intramolecular Hbond substituents is 2. The molecule has 2 heterocycles. The van der Waals surface area contributed by atoms with Gasteiger partial charge in [-0.05, 0) is 32.4 Å². The number of furan rings is 1. The molecule has 1 aliphatic heterocycles. The molecule has 2 aromatic carbocycles. The van der Waals surface area contributed by atoms with Crippen LogP contribution in [0.4, 0.5) is 0 Å². The molecule has 0 saturated carbocycles. The van der Waals surface area contributed by atoms with E-state index in [4.69, 9.17) is 13.9 Å². The van der Waals surface area contributed by atoms with E-state index in [2.05, 4.69) is 6.08 Å². The maximum Gasteiger partial charge on any atom is 0.231 e. The van der Waals surface area contributed by atoms with Crippen LogP contribution in [0.5, 0.6) is 23.0 Å². The Morgan fingerprint density at radius 3 is 2.65 bits per heavy atom. The molecule has 3 aromatic rings. The van der Waals surface area contributed by atoms with Crippen molar-refractivity contribution in [1.29, 1.82) is 0 Å². The number of fused-ring (bicyclic) bond motifs is 4. The average Bonchev–Trinajstić information content (AvgIpc) is 3.09. The highest BCUT2D eigenvalue weighted by Crippen LogP contribution is 2.46. The first kappa shape index (κ1) is 13.8. The van der Waals surface area contributed by atoms with Crippen LogP contribution in [0.2, 0.25) is 0 Å². The second-order valence-electron chi connectivity index (χ2n) is 5.89. The molecule has 2 N–H and O–H groups in total. The summed E-state index contributed by atoms with van der Waals surface area (Å²) in [6.07, 6.45) is 2.75. The number of allylic oxidation sites excluding steroid dienone is 2. The summed E-state index contributed by atoms with van der Waals surface area (Å²) in [6.45, 7) is 4.26. The summed E-state index contributed by atoms with van der Waals surface area (Å²) in [7, 11) is 0. The number of ether oxygens (including phenoxy) is 2. The number of rotatable bonds is 2. The van der Waals surface area contributed by atoms with Gasteiger partial charge in [-0.15, -0.1) is 0 Å². The molecule has 0 spiro atoms. The molecule has 5 nitrogen and oxygen atoms in total. The topological polar surface area (TPSA) is 72.1 Å². The molecule has 0 bridgehead atoms. The Morgan fingerprint density at radius 2 is 1.87 bits per heavy atom. The number of benzene rings is 2. The van der Waals surface area contributed by atoms with Crippen LogP contribution in [-0.4, -0.2) is 17.0 Å². The fourth-order valence-electron chi connectivity index (χ4n) is 2.86. The van der Waals surface area contributed by atoms with Crippen molar-refractivity contribution >= 4 is 21.9 Å². The normalized spacial score (nSPS) is 13.0. The minimum absolute atomic E-state index is 0.177. The highest BCUT2D eigenvalue weighted by molar-refractivity contribution is 6.08. The van der Waals surface area contributed by atoms with Crippen molar-refractivity contribution in [3.8, 4) is 23.0 Å². The summed E-state index contributed by atoms with van der Waals surface area (Å²) < 4.78 is 17.1. The number of phenols is 2. The standard InChI is InChI=1S/C18H16O5/c1-9(2)3-4-10-17-12(6-16-18(10)22-8-21-16)11-5-13(19)14(20)7-15(11)23-17/h3,5-7,19-20H,4,8H2,1-2H3. The fourth-order valence-corrected chi connectivity index (χ4v) is 2.86. The lowest BCUT2D eigenvalue weighted by atomic mass is 10.0. The molecule has 1 aliphatic rings. The fraction of sp³-hybridized carbons (Fsp3) is 0.222. The highest BCUT2D eigenvalue weighted by atomic mass is 16.7. The molecule has 0 radical (unpaired) electrons. The third kappa shape index (κ3) is 2.08. The first-order valence-corrected chi connectivity index (χ1v) is 7.37. The van der Waals surface area contributed by atoms with E-state index in [0.717, 1.165) is 16.3 Å². The average molecular weight is 312 g/mol. The molecule has 5 heteroatoms. The number of hydrogen-bond acceptors (Lipinski definition) is 5. The van der Waals surface area contributed by atoms with Crippen LogP contribution in [0.15, 0.2) is 34.3 Å². The van der Waals surface area contributed by atoms with Crippen molar-refractivity contribution in [1.82, 2.24) is 0 Å². The molecule has 0 saturated heterocycles. The summed E-state index contributed by atoms with van der Waals surface area (Å²) in [6, 6.07) is 4.78. The van der Waals surface area contributed by atoms with Gasteiger partial charge < -0.3 is 24.1 Å². The zero-order valence-electron chi connectivity index (χ0n) is 12.8. The maximum atomic E-state index is 9.78. The monoisotopic (exact) mass is 312 g/mol. The molecular formula is C18H16O5. The lowest BCUT2D eigenvalue weighted by molar-refractivity contribution is 0.173. The van der Waals surface area contributed by atoms with Crippen molar-refractivity contribution in [3.63, 3.8) is 0 Å². The second-order valence-corrected chi connectivity index (χ2v) is 5.89. The molecule has 0 aliphatic carbocycles. The summed E-state index contributed by atoms with van der Waals surface area (Å²) in [4.78, 5) is 0. The molecule has 0 unspecified atom stereocenters. The largest absolute Gasteiger partial charge is 0.504 e. The van der Waals surface area contributed by atoms with E-state index in [0.29, 0.717) is 29.1 Å². The van der Waals surface area contributed by atoms with Crippen molar-refractivity contribution in [2.75, 3.05) is 6.79 Å². The van der Waals surface area contributed by atoms with Gasteiger partial charge in [0.1, 0.15) is 11.2 Å². The SMILES string of the molecule is CC(C)=CCc1c2c(cc3c1oc1cc(O)c(O)cc13)OCO2. The van der Waals surface area contributed by atoms with Gasteiger partial charge >= 0.3 is 0 Å². The first-order chi connectivity index (χ1) is 11.0. The van der Waals surface area contributed by atoms with E-state index < -0.39 is 0 Å². The van der Waals surface area contributed by atoms with E-state index in [1.165, 1.54) is 17.7 Å². The van der Waals surface area contributed by atoms with Crippen molar-refractivity contribution in [3.05, 3.63) is 35.4 Å². The van der Waals surface area contributed by atoms with Crippen LogP contribution in [0.25, 0.3) is 21.9 Å². The molecule has 1 aromatic heterocycles. The molecule has 4 rings (SSSR count). The van der Waals surface area contributed by atoms with E-state index in [9.17, 15) is 10.2 Å². The van der Waals surface area contributed by atoms with Crippen LogP contribution in [0.3, 0.4) is 0 Å². The molecule has 0 atom stereocenters. The van der Waals surface area contributed by atoms with Crippen LogP contribution < -0.4 is 9.47 Å². The van der Waals surface area contributed by atoms with E-state index in [1.54, 1.807) is 0 Å². The van der Waals surface area contributed by atoms with Crippen LogP contribution in [0.1, 0.15) is 19.4 Å². The van der Waals surface area contributed by atoms with Crippen molar-refractivity contribution < 1.29 is 24.1 Å². The van der Waals surface area contributed by atoms with Gasteiger partial charge in [0.05, 0.1) is 0 Å². The Hall–Kier alpha value is -2.82. The summed E-state index contributed by atoms with van der Waals surface area (Å²) >= 11 is 0. The zero-order chi connectivity index (χ0) is 16.1. The Morgan fingerprint density at radius 1 is 1.09 bits per heavy atom. The van der Waals surface area contributed by atoms with Gasteiger partial charge in [-0.3, -0.25) is 0 Å². The smallest absolute Gasteiger partial charge is 0.231 e. The number of aromatic hydroxyl groups is 2. The Kier molecular flexibility index (Phi) is 2.91. The minimum Gasteiger partial charge on any atom is -0.504 e. The van der Waals surface area contributed by atoms with Gasteiger partial charge in [-0.25, -0.2) is 0 Å². The minimum atomic E-state index is -0.206. The van der Waals surface area contributed by atoms with Gasteiger partial charge in [-0.2, -0.15) is 0 Å². The summed E-state index contributed by atoms with van der Waals surface area (Å²) in [5.41, 5.74) is 3.30. The van der Waals surface area contributed by atoms with Crippen LogP contribution in [-0.2, 0) is 6.42 Å². The van der Waals surface area contributed by atoms with Crippen molar-refractivity contribution in [2.24, 2.45) is 0 Å². The van der Waals surface area contributed by atoms with Gasteiger partial charge in [-0.1, -0.05) is 11.6 Å². The predicted octanol–water partition coefficient (Wildman–Crippen LogP) is 4.23. The third-order valence-corrected chi connectivity index (χ3v) is 4.00. The van der Waals surface area contributed by atoms with E-state index >= 15 is 0 Å². The van der Waals surface area contributed by atoms with Crippen LogP contribution >= 0.6 is 0 Å². The van der Waals surface area contributed by atoms with Crippen molar-refractivity contribution in [2.45, 2.75) is 20.3 Å². The van der Waals surface area contributed by atoms with Gasteiger partial charge in [0, 0.05) is 22.4 Å². The van der Waals surface area contributed by atoms with E-state index in [-0.39, 0.29) is 18.3 Å². The first-order valence-electron chi connectivity index (χ1n) is 7.37. The maximum absolute atomic E-state index is 9.78. The third-order valence-electron chi connectivity index (χ3n) is 4.00. The zero-order valence-corrected chi connectivity index (χ0v) is 12.8. The van der Waals surface area contributed by atoms with Gasteiger partial charge in [0.2, 0.25) is 6.79 Å². The Labute approximate surface area is 132 Å². The second kappa shape index (κ2) is 4.84. The van der Waals surface area contributed by atoms with Crippen LogP contribution in [0, 0.1) is 0 Å². The summed E-state index contributed by atoms with van der Waals surface area (Å²) in [5, 5.41) is 21.0. The quantitative estimate of drug-likeness (QED) is 0.547. The lowest BCUT2D eigenvalue weighted by Gasteiger charge is -2.05. The Balaban J connectivity index is 2.06. The molecule has 118 valence electrons. The summed E-state index contributed by atoms with van der Waals surface area (Å²) in [5.74, 6) is 0.985. The molecular weight excluding hydrogens is 296 g/mol. The molecule has 23 heavy (non-hydrogen) atoms. The lowest BCUT2D eigenvalue weighted by Crippen LogP contribution is -1.94. The predicted molar refractivity (Wildman–Crippen MR) is 86.3 cm³/mol. The van der Waals surface area contributed by atoms with Gasteiger partial charge in [0.15, 0.2) is 23.0 Å². The number of hydrogen-bond donors (Lipinski definition) is 2.